The molecule has 3 heterocycles. The van der Waals surface area contributed by atoms with Crippen molar-refractivity contribution < 1.29 is 24.2 Å². The topological polar surface area (TPSA) is 123 Å². The van der Waals surface area contributed by atoms with Crippen LogP contribution in [0.15, 0.2) is 59.4 Å². The molecule has 0 saturated carbocycles. The van der Waals surface area contributed by atoms with E-state index in [2.05, 4.69) is 5.32 Å². The molecule has 0 aliphatic carbocycles. The summed E-state index contributed by atoms with van der Waals surface area (Å²) in [5, 5.41) is 12.4. The number of aromatic nitrogens is 2. The summed E-state index contributed by atoms with van der Waals surface area (Å²) in [4.78, 5) is 53.4. The van der Waals surface area contributed by atoms with Crippen molar-refractivity contribution in [2.24, 2.45) is 7.05 Å². The average Bonchev–Trinajstić information content (AvgIpc) is 3.23. The van der Waals surface area contributed by atoms with Crippen molar-refractivity contribution in [2.45, 2.75) is 25.4 Å². The number of rotatable bonds is 6. The van der Waals surface area contributed by atoms with Crippen molar-refractivity contribution in [1.82, 2.24) is 19.4 Å². The van der Waals surface area contributed by atoms with Crippen LogP contribution in [0.2, 0.25) is 0 Å². The standard InChI is InChI=1S/C28H28N4O6/c1-30-23-19-10-6-7-11-20(19)32(16-21(33)17-8-4-3-5-9-17)26(34)22(23)25(38-2)24(30)27(35)31-14-12-18(13-15-31)29-28(36)37/h3-11,18,29H,12-16H2,1-2H3,(H,36,37). The first kappa shape index (κ1) is 25.1. The number of carboxylic acid groups (broad SMARTS) is 1. The Hall–Kier alpha value is -4.60. The monoisotopic (exact) mass is 516 g/mol. The smallest absolute Gasteiger partial charge is 0.404 e. The lowest BCUT2D eigenvalue weighted by Crippen LogP contribution is -2.46. The van der Waals surface area contributed by atoms with E-state index in [9.17, 15) is 19.2 Å². The zero-order valence-corrected chi connectivity index (χ0v) is 21.1. The maximum absolute atomic E-state index is 13.9. The van der Waals surface area contributed by atoms with Crippen LogP contribution >= 0.6 is 0 Å². The van der Waals surface area contributed by atoms with E-state index in [0.717, 1.165) is 0 Å². The van der Waals surface area contributed by atoms with Crippen LogP contribution in [0.5, 0.6) is 5.75 Å². The van der Waals surface area contributed by atoms with E-state index < -0.39 is 11.7 Å². The SMILES string of the molecule is COc1c(C(=O)N2CCC(NC(=O)O)CC2)n(C)c2c1c(=O)n(CC(=O)c1ccccc1)c1ccccc21. The Balaban J connectivity index is 1.62. The summed E-state index contributed by atoms with van der Waals surface area (Å²) in [5.74, 6) is -0.346. The Morgan fingerprint density at radius 3 is 2.34 bits per heavy atom. The number of nitrogens with one attached hydrogen (secondary N) is 1. The molecule has 38 heavy (non-hydrogen) atoms. The van der Waals surface area contributed by atoms with Crippen molar-refractivity contribution in [3.8, 4) is 5.75 Å². The van der Waals surface area contributed by atoms with Gasteiger partial charge in [-0.2, -0.15) is 0 Å². The van der Waals surface area contributed by atoms with Gasteiger partial charge in [0.05, 0.1) is 24.7 Å². The molecular formula is C28H28N4O6. The fourth-order valence-corrected chi connectivity index (χ4v) is 5.33. The van der Waals surface area contributed by atoms with Crippen LogP contribution in [0, 0.1) is 0 Å². The molecule has 10 heteroatoms. The molecule has 10 nitrogen and oxygen atoms in total. The van der Waals surface area contributed by atoms with Crippen LogP contribution in [0.3, 0.4) is 0 Å². The number of methoxy groups -OCH3 is 1. The molecule has 1 aliphatic rings. The Bertz CT molecular complexity index is 1610. The van der Waals surface area contributed by atoms with E-state index in [1.807, 2.05) is 18.2 Å². The first-order chi connectivity index (χ1) is 18.3. The van der Waals surface area contributed by atoms with Crippen LogP contribution in [0.25, 0.3) is 21.8 Å². The fraction of sp³-hybridized carbons (Fsp3) is 0.286. The highest BCUT2D eigenvalue weighted by Gasteiger charge is 2.32. The third-order valence-electron chi connectivity index (χ3n) is 7.17. The summed E-state index contributed by atoms with van der Waals surface area (Å²) in [6.45, 7) is 0.570. The first-order valence-corrected chi connectivity index (χ1v) is 12.4. The highest BCUT2D eigenvalue weighted by atomic mass is 16.5. The number of benzene rings is 2. The first-order valence-electron chi connectivity index (χ1n) is 12.4. The van der Waals surface area contributed by atoms with Crippen LogP contribution in [-0.4, -0.2) is 63.2 Å². The predicted octanol–water partition coefficient (Wildman–Crippen LogP) is 3.26. The number of ketones is 1. The number of carbonyl (C=O) groups is 3. The second kappa shape index (κ2) is 10.0. The molecule has 0 unspecified atom stereocenters. The number of aryl methyl sites for hydroxylation is 1. The highest BCUT2D eigenvalue weighted by Crippen LogP contribution is 2.35. The third-order valence-corrected chi connectivity index (χ3v) is 7.17. The highest BCUT2D eigenvalue weighted by molar-refractivity contribution is 6.12. The van der Waals surface area contributed by atoms with Gasteiger partial charge in [-0.05, 0) is 18.9 Å². The molecule has 0 spiro atoms. The number of likely N-dealkylation sites (tertiary alicyclic amines) is 1. The number of fused-ring (bicyclic) bond motifs is 3. The van der Waals surface area contributed by atoms with Gasteiger partial charge in [-0.1, -0.05) is 48.5 Å². The quantitative estimate of drug-likeness (QED) is 0.379. The zero-order valence-electron chi connectivity index (χ0n) is 21.1. The Morgan fingerprint density at radius 2 is 1.68 bits per heavy atom. The van der Waals surface area contributed by atoms with Crippen LogP contribution < -0.4 is 15.6 Å². The minimum Gasteiger partial charge on any atom is -0.493 e. The summed E-state index contributed by atoms with van der Waals surface area (Å²) in [6, 6.07) is 15.9. The van der Waals surface area contributed by atoms with Gasteiger partial charge < -0.3 is 24.6 Å². The number of piperidine rings is 1. The van der Waals surface area contributed by atoms with Gasteiger partial charge in [-0.15, -0.1) is 0 Å². The Morgan fingerprint density at radius 1 is 1.03 bits per heavy atom. The lowest BCUT2D eigenvalue weighted by atomic mass is 10.0. The van der Waals surface area contributed by atoms with Gasteiger partial charge in [-0.3, -0.25) is 19.0 Å². The molecule has 1 aliphatic heterocycles. The molecule has 1 saturated heterocycles. The number of ether oxygens (including phenoxy) is 1. The van der Waals surface area contributed by atoms with Crippen molar-refractivity contribution in [3.05, 3.63) is 76.2 Å². The second-order valence-electron chi connectivity index (χ2n) is 9.38. The average molecular weight is 517 g/mol. The molecule has 2 N–H and O–H groups in total. The molecule has 0 bridgehead atoms. The van der Waals surface area contributed by atoms with Crippen molar-refractivity contribution >= 4 is 39.6 Å². The summed E-state index contributed by atoms with van der Waals surface area (Å²) in [5.41, 5.74) is 1.45. The van der Waals surface area contributed by atoms with Crippen LogP contribution in [-0.2, 0) is 13.6 Å². The molecule has 0 atom stereocenters. The van der Waals surface area contributed by atoms with Crippen LogP contribution in [0.1, 0.15) is 33.7 Å². The number of hydrogen-bond donors (Lipinski definition) is 2. The Labute approximate surface area is 218 Å². The van der Waals surface area contributed by atoms with E-state index in [4.69, 9.17) is 9.84 Å². The molecule has 0 radical (unpaired) electrons. The number of para-hydroxylation sites is 1. The molecule has 196 valence electrons. The summed E-state index contributed by atoms with van der Waals surface area (Å²) >= 11 is 0. The molecule has 2 aromatic carbocycles. The predicted molar refractivity (Wildman–Crippen MR) is 142 cm³/mol. The number of pyridine rings is 1. The summed E-state index contributed by atoms with van der Waals surface area (Å²) in [7, 11) is 3.14. The van der Waals surface area contributed by atoms with E-state index in [0.29, 0.717) is 47.9 Å². The maximum atomic E-state index is 13.9. The summed E-state index contributed by atoms with van der Waals surface area (Å²) < 4.78 is 8.81. The lowest BCUT2D eigenvalue weighted by molar-refractivity contribution is 0.0693. The van der Waals surface area contributed by atoms with E-state index >= 15 is 0 Å². The molecule has 5 rings (SSSR count). The third kappa shape index (κ3) is 4.27. The largest absolute Gasteiger partial charge is 0.493 e. The summed E-state index contributed by atoms with van der Waals surface area (Å²) in [6.07, 6.45) is -0.109. The van der Waals surface area contributed by atoms with E-state index in [-0.39, 0.29) is 41.1 Å². The van der Waals surface area contributed by atoms with Crippen molar-refractivity contribution in [1.29, 1.82) is 0 Å². The van der Waals surface area contributed by atoms with Gasteiger partial charge in [0.25, 0.3) is 11.5 Å². The maximum Gasteiger partial charge on any atom is 0.404 e. The lowest BCUT2D eigenvalue weighted by Gasteiger charge is -2.32. The van der Waals surface area contributed by atoms with Gasteiger partial charge in [0, 0.05) is 37.1 Å². The molecule has 1 fully saturated rings. The molecule has 4 aromatic rings. The van der Waals surface area contributed by atoms with E-state index in [1.165, 1.54) is 11.7 Å². The molecule has 2 aromatic heterocycles. The van der Waals surface area contributed by atoms with Gasteiger partial charge in [0.15, 0.2) is 17.2 Å². The second-order valence-corrected chi connectivity index (χ2v) is 9.38. The number of Topliss-reactive ketones (excluding diaryl/α,β-unsaturated/α-hetero) is 1. The normalized spacial score (nSPS) is 14.1. The molecular weight excluding hydrogens is 488 g/mol. The van der Waals surface area contributed by atoms with Gasteiger partial charge in [0.1, 0.15) is 5.39 Å². The molecule has 2 amide bonds. The number of carbonyl (C=O) groups excluding carboxylic acids is 2. The minimum absolute atomic E-state index is 0.162. The zero-order chi connectivity index (χ0) is 27.0. The van der Waals surface area contributed by atoms with Gasteiger partial charge >= 0.3 is 6.09 Å². The minimum atomic E-state index is -1.08. The van der Waals surface area contributed by atoms with Gasteiger partial charge in [-0.25, -0.2) is 4.79 Å². The fourth-order valence-electron chi connectivity index (χ4n) is 5.33. The number of hydrogen-bond acceptors (Lipinski definition) is 5. The number of amides is 2. The van der Waals surface area contributed by atoms with Crippen molar-refractivity contribution in [2.75, 3.05) is 20.2 Å². The van der Waals surface area contributed by atoms with Gasteiger partial charge in [0.2, 0.25) is 0 Å². The van der Waals surface area contributed by atoms with Crippen LogP contribution in [0.4, 0.5) is 4.79 Å². The van der Waals surface area contributed by atoms with Crippen molar-refractivity contribution in [3.63, 3.8) is 0 Å². The Kier molecular flexibility index (Phi) is 6.62. The number of nitrogens with zero attached hydrogens (tertiary/aromatic N) is 3. The van der Waals surface area contributed by atoms with E-state index in [1.54, 1.807) is 52.9 Å².